The monoisotopic (exact) mass is 388 g/mol. The van der Waals surface area contributed by atoms with Gasteiger partial charge in [-0.25, -0.2) is 4.79 Å². The summed E-state index contributed by atoms with van der Waals surface area (Å²) in [5.74, 6) is -2.51. The predicted octanol–water partition coefficient (Wildman–Crippen LogP) is 2.00. The molecule has 6 nitrogen and oxygen atoms in total. The van der Waals surface area contributed by atoms with Crippen LogP contribution in [0.15, 0.2) is 30.3 Å². The number of morpholine rings is 1. The maximum absolute atomic E-state index is 12.2. The number of nitrogens with zero attached hydrogens (tertiary/aromatic N) is 2. The third kappa shape index (κ3) is 5.93. The fourth-order valence-electron chi connectivity index (χ4n) is 3.30. The second-order valence-electron chi connectivity index (χ2n) is 6.85. The number of benzene rings is 1. The van der Waals surface area contributed by atoms with Gasteiger partial charge in [0.1, 0.15) is 0 Å². The van der Waals surface area contributed by atoms with Crippen molar-refractivity contribution >= 4 is 11.9 Å². The van der Waals surface area contributed by atoms with Crippen molar-refractivity contribution in [1.29, 1.82) is 0 Å². The average molecular weight is 388 g/mol. The first-order chi connectivity index (χ1) is 12.6. The van der Waals surface area contributed by atoms with E-state index in [1.54, 1.807) is 4.90 Å². The fourth-order valence-corrected chi connectivity index (χ4v) is 3.30. The second-order valence-corrected chi connectivity index (χ2v) is 6.85. The van der Waals surface area contributed by atoms with Crippen LogP contribution >= 0.6 is 0 Å². The molecule has 1 N–H and O–H groups in total. The Morgan fingerprint density at radius 2 is 1.81 bits per heavy atom. The molecule has 0 aromatic heterocycles. The number of carbonyl (C=O) groups excluding carboxylic acids is 1. The van der Waals surface area contributed by atoms with Crippen LogP contribution in [0.4, 0.5) is 13.2 Å². The fraction of sp³-hybridized carbons (Fsp3) is 0.556. The maximum Gasteiger partial charge on any atom is 0.490 e. The maximum atomic E-state index is 12.2. The molecule has 2 heterocycles. The van der Waals surface area contributed by atoms with Crippen LogP contribution in [-0.4, -0.2) is 72.4 Å². The van der Waals surface area contributed by atoms with Gasteiger partial charge in [-0.2, -0.15) is 13.2 Å². The third-order valence-electron chi connectivity index (χ3n) is 4.48. The van der Waals surface area contributed by atoms with Crippen molar-refractivity contribution in [2.24, 2.45) is 5.92 Å². The quantitative estimate of drug-likeness (QED) is 0.858. The molecule has 3 atom stereocenters. The van der Waals surface area contributed by atoms with Crippen LogP contribution in [-0.2, 0) is 20.9 Å². The van der Waals surface area contributed by atoms with Gasteiger partial charge < -0.3 is 14.7 Å². The highest BCUT2D eigenvalue weighted by atomic mass is 19.4. The van der Waals surface area contributed by atoms with Crippen molar-refractivity contribution in [2.45, 2.75) is 31.3 Å². The zero-order valence-electron chi connectivity index (χ0n) is 15.1. The van der Waals surface area contributed by atoms with Crippen LogP contribution in [0.3, 0.4) is 0 Å². The highest BCUT2D eigenvalue weighted by Crippen LogP contribution is 2.33. The molecule has 0 radical (unpaired) electrons. The molecule has 0 saturated carbocycles. The molecule has 1 aromatic rings. The van der Waals surface area contributed by atoms with Crippen LogP contribution in [0.2, 0.25) is 0 Å². The lowest BCUT2D eigenvalue weighted by molar-refractivity contribution is -0.192. The molecule has 2 aliphatic rings. The Bertz CT molecular complexity index is 652. The molecule has 9 heteroatoms. The molecule has 2 saturated heterocycles. The van der Waals surface area contributed by atoms with E-state index in [-0.39, 0.29) is 24.0 Å². The Balaban J connectivity index is 0.000000321. The van der Waals surface area contributed by atoms with E-state index >= 15 is 0 Å². The minimum atomic E-state index is -5.08. The molecular weight excluding hydrogens is 365 g/mol. The van der Waals surface area contributed by atoms with E-state index in [9.17, 15) is 18.0 Å². The molecule has 0 spiro atoms. The Kier molecular flexibility index (Phi) is 6.83. The van der Waals surface area contributed by atoms with E-state index in [1.807, 2.05) is 20.2 Å². The number of aliphatic carboxylic acids is 1. The van der Waals surface area contributed by atoms with Crippen LogP contribution < -0.4 is 0 Å². The summed E-state index contributed by atoms with van der Waals surface area (Å²) < 4.78 is 37.7. The van der Waals surface area contributed by atoms with Gasteiger partial charge in [0, 0.05) is 33.7 Å². The number of carbonyl (C=O) groups is 2. The molecule has 27 heavy (non-hydrogen) atoms. The zero-order chi connectivity index (χ0) is 20.2. The van der Waals surface area contributed by atoms with E-state index in [0.29, 0.717) is 0 Å². The number of rotatable bonds is 3. The largest absolute Gasteiger partial charge is 0.490 e. The first kappa shape index (κ1) is 21.2. The number of alkyl halides is 3. The molecule has 2 bridgehead atoms. The summed E-state index contributed by atoms with van der Waals surface area (Å²) in [6, 6.07) is 10.5. The molecule has 0 aliphatic carbocycles. The van der Waals surface area contributed by atoms with E-state index in [0.717, 1.165) is 26.1 Å². The van der Waals surface area contributed by atoms with Gasteiger partial charge in [0.15, 0.2) is 0 Å². The molecule has 3 rings (SSSR count). The molecule has 150 valence electrons. The minimum Gasteiger partial charge on any atom is -0.475 e. The lowest BCUT2D eigenvalue weighted by Crippen LogP contribution is -2.44. The van der Waals surface area contributed by atoms with E-state index in [4.69, 9.17) is 14.6 Å². The number of carboxylic acids is 1. The summed E-state index contributed by atoms with van der Waals surface area (Å²) in [7, 11) is 3.65. The van der Waals surface area contributed by atoms with E-state index in [2.05, 4.69) is 29.2 Å². The van der Waals surface area contributed by atoms with Gasteiger partial charge in [0.25, 0.3) is 0 Å². The number of hydrogen-bond acceptors (Lipinski definition) is 4. The highest BCUT2D eigenvalue weighted by molar-refractivity contribution is 5.79. The second kappa shape index (κ2) is 8.71. The van der Waals surface area contributed by atoms with Crippen molar-refractivity contribution in [3.05, 3.63) is 35.9 Å². The standard InChI is InChI=1S/C16H22N2O2.C2HF3O2/c1-17(2)16(19)14-8-13-10-18(11-15(14)20-13)9-12-6-4-3-5-7-12;3-2(4,5)1(6)7/h3-7,13-15H,8-11H2,1-2H3;(H,6,7). The van der Waals surface area contributed by atoms with Gasteiger partial charge in [-0.1, -0.05) is 30.3 Å². The molecule has 3 unspecified atom stereocenters. The van der Waals surface area contributed by atoms with Crippen molar-refractivity contribution in [1.82, 2.24) is 9.80 Å². The van der Waals surface area contributed by atoms with Gasteiger partial charge in [-0.05, 0) is 12.0 Å². The van der Waals surface area contributed by atoms with Crippen molar-refractivity contribution in [3.63, 3.8) is 0 Å². The Labute approximate surface area is 155 Å². The lowest BCUT2D eigenvalue weighted by atomic mass is 9.99. The van der Waals surface area contributed by atoms with Gasteiger partial charge in [0.05, 0.1) is 18.1 Å². The minimum absolute atomic E-state index is 0.0378. The Hall–Kier alpha value is -2.13. The van der Waals surface area contributed by atoms with Gasteiger partial charge in [0.2, 0.25) is 5.91 Å². The number of amides is 1. The van der Waals surface area contributed by atoms with Crippen molar-refractivity contribution < 1.29 is 32.6 Å². The summed E-state index contributed by atoms with van der Waals surface area (Å²) in [4.78, 5) is 25.2. The SMILES string of the molecule is CN(C)C(=O)C1CC2CN(Cc3ccccc3)CC1O2.O=C(O)C(F)(F)F. The van der Waals surface area contributed by atoms with Crippen molar-refractivity contribution in [2.75, 3.05) is 27.2 Å². The molecule has 2 fully saturated rings. The molecule has 1 aromatic carbocycles. The normalized spacial score (nSPS) is 24.7. The first-order valence-electron chi connectivity index (χ1n) is 8.51. The van der Waals surface area contributed by atoms with Gasteiger partial charge in [-0.15, -0.1) is 0 Å². The Morgan fingerprint density at radius 1 is 1.22 bits per heavy atom. The smallest absolute Gasteiger partial charge is 0.475 e. The average Bonchev–Trinajstić information content (AvgIpc) is 2.89. The van der Waals surface area contributed by atoms with Crippen LogP contribution in [0.1, 0.15) is 12.0 Å². The third-order valence-corrected chi connectivity index (χ3v) is 4.48. The van der Waals surface area contributed by atoms with Gasteiger partial charge in [-0.3, -0.25) is 9.69 Å². The van der Waals surface area contributed by atoms with E-state index in [1.165, 1.54) is 5.56 Å². The van der Waals surface area contributed by atoms with Crippen molar-refractivity contribution in [3.8, 4) is 0 Å². The number of carboxylic acid groups (broad SMARTS) is 1. The number of ether oxygens (including phenoxy) is 1. The summed E-state index contributed by atoms with van der Waals surface area (Å²) in [5, 5.41) is 7.12. The molecule has 1 amide bonds. The van der Waals surface area contributed by atoms with E-state index < -0.39 is 12.1 Å². The lowest BCUT2D eigenvalue weighted by Gasteiger charge is -2.33. The molecular formula is C18H23F3N2O4. The summed E-state index contributed by atoms with van der Waals surface area (Å²) in [5.41, 5.74) is 1.32. The predicted molar refractivity (Wildman–Crippen MR) is 90.9 cm³/mol. The number of fused-ring (bicyclic) bond motifs is 2. The molecule has 2 aliphatic heterocycles. The zero-order valence-corrected chi connectivity index (χ0v) is 15.1. The topological polar surface area (TPSA) is 70.1 Å². The van der Waals surface area contributed by atoms with Crippen LogP contribution in [0.25, 0.3) is 0 Å². The van der Waals surface area contributed by atoms with Crippen LogP contribution in [0, 0.1) is 5.92 Å². The number of halogens is 3. The number of likely N-dealkylation sites (tertiary alicyclic amines) is 1. The summed E-state index contributed by atoms with van der Waals surface area (Å²) in [6.07, 6.45) is -3.94. The summed E-state index contributed by atoms with van der Waals surface area (Å²) >= 11 is 0. The summed E-state index contributed by atoms with van der Waals surface area (Å²) in [6.45, 7) is 2.73. The van der Waals surface area contributed by atoms with Crippen LogP contribution in [0.5, 0.6) is 0 Å². The first-order valence-corrected chi connectivity index (χ1v) is 8.51. The highest BCUT2D eigenvalue weighted by Gasteiger charge is 2.44. The van der Waals surface area contributed by atoms with Gasteiger partial charge >= 0.3 is 12.1 Å². The number of hydrogen-bond donors (Lipinski definition) is 1. The Morgan fingerprint density at radius 3 is 2.33 bits per heavy atom.